The van der Waals surface area contributed by atoms with Crippen LogP contribution in [-0.4, -0.2) is 17.7 Å². The fourth-order valence-corrected chi connectivity index (χ4v) is 3.74. The molecule has 0 aliphatic rings. The van der Waals surface area contributed by atoms with Crippen molar-refractivity contribution < 1.29 is 9.13 Å². The highest BCUT2D eigenvalue weighted by Gasteiger charge is 2.05. The second kappa shape index (κ2) is 12.9. The molecule has 3 nitrogen and oxygen atoms in total. The summed E-state index contributed by atoms with van der Waals surface area (Å²) in [5.74, 6) is -0.221. The molecule has 0 saturated carbocycles. The molecule has 0 amide bonds. The quantitative estimate of drug-likeness (QED) is 0.290. The molecule has 1 N–H and O–H groups in total. The zero-order chi connectivity index (χ0) is 23.5. The summed E-state index contributed by atoms with van der Waals surface area (Å²) in [6.45, 7) is 5.17. The van der Waals surface area contributed by atoms with Crippen molar-refractivity contribution in [2.45, 2.75) is 58.5 Å². The fraction of sp³-hybridized carbons (Fsp3) is 0.345. The van der Waals surface area contributed by atoms with Crippen LogP contribution in [0.25, 0.3) is 28.3 Å². The Kier molecular flexibility index (Phi) is 9.64. The number of aromatic amines is 1. The second-order valence-electron chi connectivity index (χ2n) is 8.48. The summed E-state index contributed by atoms with van der Waals surface area (Å²) < 4.78 is 20.5. The first-order chi connectivity index (χ1) is 16.1. The number of aromatic nitrogens is 1. The normalized spacial score (nSPS) is 12.3. The molecule has 1 unspecified atom stereocenters. The predicted molar refractivity (Wildman–Crippen MR) is 136 cm³/mol. The third-order valence-electron chi connectivity index (χ3n) is 5.77. The van der Waals surface area contributed by atoms with Crippen LogP contribution in [0.4, 0.5) is 4.39 Å². The zero-order valence-electron chi connectivity index (χ0n) is 19.6. The molecule has 2 aromatic carbocycles. The standard InChI is InChI=1S/C29H34FNO2/c1-3-4-8-19-33-22(2)9-6-5-7-10-25-15-16-26(20-28(25)30)23-11-13-24(14-12-23)27-17-18-29(32)31-21-27/h7,10-18,20-22H,3-6,8-9,19H2,1-2H3,(H,31,32). The number of allylic oxidation sites excluding steroid dienone is 1. The minimum atomic E-state index is -0.221. The molecule has 1 atom stereocenters. The molecule has 4 heteroatoms. The number of nitrogens with one attached hydrogen (secondary N) is 1. The molecular formula is C29H34FNO2. The first kappa shape index (κ1) is 24.7. The van der Waals surface area contributed by atoms with Crippen LogP contribution in [0.1, 0.15) is 57.9 Å². The average molecular weight is 448 g/mol. The van der Waals surface area contributed by atoms with E-state index < -0.39 is 0 Å². The van der Waals surface area contributed by atoms with E-state index in [-0.39, 0.29) is 17.5 Å². The Hall–Kier alpha value is -2.98. The van der Waals surface area contributed by atoms with Gasteiger partial charge in [-0.25, -0.2) is 4.39 Å². The highest BCUT2D eigenvalue weighted by molar-refractivity contribution is 5.71. The molecule has 0 fully saturated rings. The molecule has 3 aromatic rings. The summed E-state index contributed by atoms with van der Waals surface area (Å²) in [7, 11) is 0. The van der Waals surface area contributed by atoms with Gasteiger partial charge in [-0.05, 0) is 67.0 Å². The Bertz CT molecular complexity index is 1070. The Morgan fingerprint density at radius 2 is 1.64 bits per heavy atom. The van der Waals surface area contributed by atoms with E-state index in [0.29, 0.717) is 5.56 Å². The minimum absolute atomic E-state index is 0.124. The van der Waals surface area contributed by atoms with Gasteiger partial charge in [-0.15, -0.1) is 0 Å². The van der Waals surface area contributed by atoms with Crippen LogP contribution in [0.15, 0.2) is 71.7 Å². The zero-order valence-corrected chi connectivity index (χ0v) is 19.6. The molecule has 33 heavy (non-hydrogen) atoms. The molecule has 0 bridgehead atoms. The molecule has 1 heterocycles. The molecule has 0 spiro atoms. The van der Waals surface area contributed by atoms with Gasteiger partial charge in [0.2, 0.25) is 5.56 Å². The third kappa shape index (κ3) is 7.83. The van der Waals surface area contributed by atoms with Crippen molar-refractivity contribution in [2.75, 3.05) is 6.61 Å². The number of pyridine rings is 1. The highest BCUT2D eigenvalue weighted by Crippen LogP contribution is 2.26. The molecule has 1 aromatic heterocycles. The van der Waals surface area contributed by atoms with Gasteiger partial charge in [0.05, 0.1) is 6.10 Å². The second-order valence-corrected chi connectivity index (χ2v) is 8.48. The van der Waals surface area contributed by atoms with Crippen LogP contribution >= 0.6 is 0 Å². The predicted octanol–water partition coefficient (Wildman–Crippen LogP) is 7.63. The summed E-state index contributed by atoms with van der Waals surface area (Å²) >= 11 is 0. The van der Waals surface area contributed by atoms with E-state index >= 15 is 0 Å². The number of hydrogen-bond donors (Lipinski definition) is 1. The molecule has 3 rings (SSSR count). The SMILES string of the molecule is CCCCCOC(C)CCCC=Cc1ccc(-c2ccc(-c3ccc(=O)[nH]c3)cc2)cc1F. The number of unbranched alkanes of at least 4 members (excludes halogenated alkanes) is 3. The van der Waals surface area contributed by atoms with Crippen molar-refractivity contribution in [3.05, 3.63) is 88.6 Å². The van der Waals surface area contributed by atoms with Crippen molar-refractivity contribution in [2.24, 2.45) is 0 Å². The van der Waals surface area contributed by atoms with Gasteiger partial charge in [-0.1, -0.05) is 68.3 Å². The van der Waals surface area contributed by atoms with Gasteiger partial charge in [0.15, 0.2) is 0 Å². The van der Waals surface area contributed by atoms with Gasteiger partial charge in [-0.2, -0.15) is 0 Å². The smallest absolute Gasteiger partial charge is 0.247 e. The molecular weight excluding hydrogens is 413 g/mol. The van der Waals surface area contributed by atoms with E-state index in [4.69, 9.17) is 4.74 Å². The lowest BCUT2D eigenvalue weighted by atomic mass is 10.00. The van der Waals surface area contributed by atoms with Gasteiger partial charge in [0, 0.05) is 24.4 Å². The van der Waals surface area contributed by atoms with E-state index in [1.54, 1.807) is 18.3 Å². The number of ether oxygens (including phenoxy) is 1. The Labute approximate surface area is 196 Å². The first-order valence-electron chi connectivity index (χ1n) is 11.9. The number of H-pyrrole nitrogens is 1. The summed E-state index contributed by atoms with van der Waals surface area (Å²) in [6.07, 6.45) is 12.4. The monoisotopic (exact) mass is 447 g/mol. The largest absolute Gasteiger partial charge is 0.379 e. The van der Waals surface area contributed by atoms with Crippen molar-refractivity contribution in [1.82, 2.24) is 4.98 Å². The number of hydrogen-bond acceptors (Lipinski definition) is 2. The Balaban J connectivity index is 1.51. The number of rotatable bonds is 12. The lowest BCUT2D eigenvalue weighted by Gasteiger charge is -2.12. The topological polar surface area (TPSA) is 42.1 Å². The van der Waals surface area contributed by atoms with Gasteiger partial charge in [0.1, 0.15) is 5.82 Å². The maximum absolute atomic E-state index is 14.7. The third-order valence-corrected chi connectivity index (χ3v) is 5.77. The molecule has 174 valence electrons. The number of halogens is 1. The van der Waals surface area contributed by atoms with Gasteiger partial charge in [0.25, 0.3) is 0 Å². The summed E-state index contributed by atoms with van der Waals surface area (Å²) in [6, 6.07) is 16.5. The van der Waals surface area contributed by atoms with Crippen LogP contribution in [0, 0.1) is 5.82 Å². The average Bonchev–Trinajstić information content (AvgIpc) is 2.83. The van der Waals surface area contributed by atoms with Crippen molar-refractivity contribution in [3.63, 3.8) is 0 Å². The van der Waals surface area contributed by atoms with Gasteiger partial charge in [-0.3, -0.25) is 4.79 Å². The maximum Gasteiger partial charge on any atom is 0.247 e. The van der Waals surface area contributed by atoms with Crippen molar-refractivity contribution in [3.8, 4) is 22.3 Å². The van der Waals surface area contributed by atoms with E-state index in [0.717, 1.165) is 54.5 Å². The van der Waals surface area contributed by atoms with Gasteiger partial charge >= 0.3 is 0 Å². The minimum Gasteiger partial charge on any atom is -0.379 e. The van der Waals surface area contributed by atoms with Crippen LogP contribution in [-0.2, 0) is 4.74 Å². The van der Waals surface area contributed by atoms with Crippen LogP contribution < -0.4 is 5.56 Å². The summed E-state index contributed by atoms with van der Waals surface area (Å²) in [4.78, 5) is 13.9. The van der Waals surface area contributed by atoms with E-state index in [1.165, 1.54) is 18.9 Å². The highest BCUT2D eigenvalue weighted by atomic mass is 19.1. The molecule has 0 radical (unpaired) electrons. The van der Waals surface area contributed by atoms with Crippen LogP contribution in [0.5, 0.6) is 0 Å². The van der Waals surface area contributed by atoms with Gasteiger partial charge < -0.3 is 9.72 Å². The maximum atomic E-state index is 14.7. The summed E-state index contributed by atoms with van der Waals surface area (Å²) in [5, 5.41) is 0. The molecule has 0 aliphatic carbocycles. The first-order valence-corrected chi connectivity index (χ1v) is 11.9. The van der Waals surface area contributed by atoms with E-state index in [2.05, 4.69) is 18.8 Å². The lowest BCUT2D eigenvalue weighted by Crippen LogP contribution is -2.08. The lowest BCUT2D eigenvalue weighted by molar-refractivity contribution is 0.0566. The van der Waals surface area contributed by atoms with E-state index in [9.17, 15) is 9.18 Å². The van der Waals surface area contributed by atoms with E-state index in [1.807, 2.05) is 48.6 Å². The van der Waals surface area contributed by atoms with Crippen molar-refractivity contribution in [1.29, 1.82) is 0 Å². The summed E-state index contributed by atoms with van der Waals surface area (Å²) in [5.41, 5.74) is 4.20. The van der Waals surface area contributed by atoms with Crippen LogP contribution in [0.3, 0.4) is 0 Å². The fourth-order valence-electron chi connectivity index (χ4n) is 3.74. The Morgan fingerprint density at radius 3 is 2.30 bits per heavy atom. The Morgan fingerprint density at radius 1 is 0.939 bits per heavy atom. The molecule has 0 aliphatic heterocycles. The van der Waals surface area contributed by atoms with Crippen LogP contribution in [0.2, 0.25) is 0 Å². The number of benzene rings is 2. The molecule has 0 saturated heterocycles. The van der Waals surface area contributed by atoms with Crippen molar-refractivity contribution >= 4 is 6.08 Å².